The average Bonchev–Trinajstić information content (AvgIpc) is 2.77. The predicted molar refractivity (Wildman–Crippen MR) is 116 cm³/mol. The fraction of sp³-hybridized carbons (Fsp3) is 0.375. The molecule has 0 saturated carbocycles. The molecule has 2 aromatic carbocycles. The average molecular weight is 443 g/mol. The number of nitrogens with one attached hydrogen (secondary N) is 2. The Hall–Kier alpha value is -3.29. The van der Waals surface area contributed by atoms with Gasteiger partial charge in [-0.15, -0.1) is 0 Å². The maximum atomic E-state index is 13.2. The number of carbonyl (C=O) groups is 3. The molecule has 2 aromatic rings. The maximum Gasteiger partial charge on any atom is 0.253 e. The van der Waals surface area contributed by atoms with Gasteiger partial charge in [0, 0.05) is 30.3 Å². The van der Waals surface area contributed by atoms with Crippen molar-refractivity contribution in [1.29, 1.82) is 0 Å². The molecular weight excluding hydrogens is 416 g/mol. The van der Waals surface area contributed by atoms with Gasteiger partial charge in [0.2, 0.25) is 5.91 Å². The Morgan fingerprint density at radius 3 is 1.84 bits per heavy atom. The molecule has 8 heteroatoms. The second kappa shape index (κ2) is 10.3. The van der Waals surface area contributed by atoms with Crippen molar-refractivity contribution in [3.05, 3.63) is 71.3 Å². The minimum absolute atomic E-state index is 0.104. The highest BCUT2D eigenvalue weighted by atomic mass is 19.1. The number of likely N-dealkylation sites (tertiary alicyclic amines) is 1. The van der Waals surface area contributed by atoms with Crippen LogP contribution in [-0.4, -0.2) is 47.8 Å². The van der Waals surface area contributed by atoms with Crippen LogP contribution in [0.2, 0.25) is 0 Å². The van der Waals surface area contributed by atoms with Gasteiger partial charge in [-0.2, -0.15) is 0 Å². The number of hydrogen-bond acceptors (Lipinski definition) is 3. The van der Waals surface area contributed by atoms with Crippen molar-refractivity contribution in [3.63, 3.8) is 0 Å². The van der Waals surface area contributed by atoms with Crippen LogP contribution in [0.15, 0.2) is 48.5 Å². The Morgan fingerprint density at radius 1 is 0.844 bits per heavy atom. The highest BCUT2D eigenvalue weighted by molar-refractivity contribution is 5.97. The van der Waals surface area contributed by atoms with E-state index in [1.165, 1.54) is 48.5 Å². The monoisotopic (exact) mass is 443 g/mol. The molecule has 1 aliphatic rings. The molecule has 0 aromatic heterocycles. The van der Waals surface area contributed by atoms with Gasteiger partial charge in [0.05, 0.1) is 0 Å². The molecule has 3 amide bonds. The van der Waals surface area contributed by atoms with Crippen LogP contribution >= 0.6 is 0 Å². The summed E-state index contributed by atoms with van der Waals surface area (Å²) in [6.45, 7) is 4.50. The summed E-state index contributed by atoms with van der Waals surface area (Å²) < 4.78 is 26.3. The van der Waals surface area contributed by atoms with Gasteiger partial charge in [-0.05, 0) is 81.1 Å². The van der Waals surface area contributed by atoms with E-state index in [9.17, 15) is 23.2 Å². The maximum absolute atomic E-state index is 13.2. The molecule has 32 heavy (non-hydrogen) atoms. The first-order chi connectivity index (χ1) is 15.2. The van der Waals surface area contributed by atoms with Crippen molar-refractivity contribution >= 4 is 17.7 Å². The fourth-order valence-electron chi connectivity index (χ4n) is 3.81. The molecule has 0 aliphatic carbocycles. The van der Waals surface area contributed by atoms with Crippen molar-refractivity contribution in [1.82, 2.24) is 15.5 Å². The largest absolute Gasteiger partial charge is 0.352 e. The van der Waals surface area contributed by atoms with Crippen LogP contribution in [0.4, 0.5) is 8.78 Å². The van der Waals surface area contributed by atoms with E-state index >= 15 is 0 Å². The number of hydrogen-bond donors (Lipinski definition) is 2. The van der Waals surface area contributed by atoms with E-state index < -0.39 is 23.6 Å². The Morgan fingerprint density at radius 2 is 1.34 bits per heavy atom. The first-order valence-corrected chi connectivity index (χ1v) is 10.7. The van der Waals surface area contributed by atoms with Crippen LogP contribution in [0.25, 0.3) is 0 Å². The van der Waals surface area contributed by atoms with Gasteiger partial charge >= 0.3 is 0 Å². The first-order valence-electron chi connectivity index (χ1n) is 10.7. The molecule has 1 atom stereocenters. The SMILES string of the molecule is CC(C)NC(=O)[C@@H](NC(=O)c1ccc(F)cc1)C1CCN(C(=O)c2ccc(F)cc2)CC1. The molecule has 0 bridgehead atoms. The molecule has 3 rings (SSSR count). The zero-order valence-electron chi connectivity index (χ0n) is 18.1. The van der Waals surface area contributed by atoms with Gasteiger partial charge in [0.25, 0.3) is 11.8 Å². The van der Waals surface area contributed by atoms with Gasteiger partial charge in [0.15, 0.2) is 0 Å². The third-order valence-corrected chi connectivity index (χ3v) is 5.50. The van der Waals surface area contributed by atoms with Crippen molar-refractivity contribution in [2.45, 2.75) is 38.8 Å². The van der Waals surface area contributed by atoms with Crippen molar-refractivity contribution in [2.75, 3.05) is 13.1 Å². The lowest BCUT2D eigenvalue weighted by Crippen LogP contribution is -2.54. The summed E-state index contributed by atoms with van der Waals surface area (Å²) in [5, 5.41) is 5.63. The molecule has 1 saturated heterocycles. The van der Waals surface area contributed by atoms with E-state index in [0.717, 1.165) is 0 Å². The predicted octanol–water partition coefficient (Wildman–Crippen LogP) is 3.14. The zero-order chi connectivity index (χ0) is 23.3. The highest BCUT2D eigenvalue weighted by Crippen LogP contribution is 2.23. The lowest BCUT2D eigenvalue weighted by molar-refractivity contribution is -0.125. The van der Waals surface area contributed by atoms with Gasteiger partial charge in [0.1, 0.15) is 17.7 Å². The molecule has 1 fully saturated rings. The first kappa shape index (κ1) is 23.4. The summed E-state index contributed by atoms with van der Waals surface area (Å²) >= 11 is 0. The number of carbonyl (C=O) groups excluding carboxylic acids is 3. The lowest BCUT2D eigenvalue weighted by Gasteiger charge is -2.36. The van der Waals surface area contributed by atoms with Crippen LogP contribution in [0.5, 0.6) is 0 Å². The summed E-state index contributed by atoms with van der Waals surface area (Å²) in [6.07, 6.45) is 1.04. The lowest BCUT2D eigenvalue weighted by atomic mass is 9.88. The second-order valence-corrected chi connectivity index (χ2v) is 8.26. The van der Waals surface area contributed by atoms with Crippen molar-refractivity contribution in [3.8, 4) is 0 Å². The molecule has 2 N–H and O–H groups in total. The minimum Gasteiger partial charge on any atom is -0.352 e. The van der Waals surface area contributed by atoms with Crippen LogP contribution < -0.4 is 10.6 Å². The van der Waals surface area contributed by atoms with Crippen molar-refractivity contribution < 1.29 is 23.2 Å². The summed E-state index contributed by atoms with van der Waals surface area (Å²) in [7, 11) is 0. The second-order valence-electron chi connectivity index (χ2n) is 8.26. The number of piperidine rings is 1. The normalized spacial score (nSPS) is 15.3. The molecular formula is C24H27F2N3O3. The standard InChI is InChI=1S/C24H27F2N3O3/c1-15(2)27-23(31)21(28-22(30)17-3-7-19(25)8-4-17)16-11-13-29(14-12-16)24(32)18-5-9-20(26)10-6-18/h3-10,15-16,21H,11-14H2,1-2H3,(H,27,31)(H,28,30)/t21-/m0/s1. The molecule has 0 radical (unpaired) electrons. The molecule has 0 unspecified atom stereocenters. The summed E-state index contributed by atoms with van der Waals surface area (Å²) in [4.78, 5) is 39.9. The molecule has 0 spiro atoms. The van der Waals surface area contributed by atoms with E-state index in [-0.39, 0.29) is 29.3 Å². The highest BCUT2D eigenvalue weighted by Gasteiger charge is 2.34. The Bertz CT molecular complexity index is 953. The van der Waals surface area contributed by atoms with E-state index in [4.69, 9.17) is 0 Å². The van der Waals surface area contributed by atoms with Crippen LogP contribution in [-0.2, 0) is 4.79 Å². The van der Waals surface area contributed by atoms with Gasteiger partial charge in [-0.25, -0.2) is 8.78 Å². The Balaban J connectivity index is 1.68. The number of rotatable bonds is 6. The third-order valence-electron chi connectivity index (χ3n) is 5.50. The van der Waals surface area contributed by atoms with Crippen LogP contribution in [0, 0.1) is 17.6 Å². The van der Waals surface area contributed by atoms with Crippen LogP contribution in [0.3, 0.4) is 0 Å². The topological polar surface area (TPSA) is 78.5 Å². The van der Waals surface area contributed by atoms with E-state index in [1.54, 1.807) is 4.90 Å². The number of halogens is 2. The number of nitrogens with zero attached hydrogens (tertiary/aromatic N) is 1. The molecule has 1 heterocycles. The number of amides is 3. The third kappa shape index (κ3) is 5.90. The molecule has 1 aliphatic heterocycles. The molecule has 170 valence electrons. The quantitative estimate of drug-likeness (QED) is 0.720. The van der Waals surface area contributed by atoms with Gasteiger partial charge < -0.3 is 15.5 Å². The summed E-state index contributed by atoms with van der Waals surface area (Å²) in [5.41, 5.74) is 0.668. The van der Waals surface area contributed by atoms with Gasteiger partial charge in [-0.3, -0.25) is 14.4 Å². The number of benzene rings is 2. The van der Waals surface area contributed by atoms with Gasteiger partial charge in [-0.1, -0.05) is 0 Å². The summed E-state index contributed by atoms with van der Waals surface area (Å²) in [6, 6.07) is 9.63. The molecule has 6 nitrogen and oxygen atoms in total. The Kier molecular flexibility index (Phi) is 7.56. The zero-order valence-corrected chi connectivity index (χ0v) is 18.1. The van der Waals surface area contributed by atoms with Crippen molar-refractivity contribution in [2.24, 2.45) is 5.92 Å². The van der Waals surface area contributed by atoms with E-state index in [0.29, 0.717) is 31.5 Å². The summed E-state index contributed by atoms with van der Waals surface area (Å²) in [5.74, 6) is -1.97. The van der Waals surface area contributed by atoms with Crippen LogP contribution in [0.1, 0.15) is 47.4 Å². The smallest absolute Gasteiger partial charge is 0.253 e. The fourth-order valence-corrected chi connectivity index (χ4v) is 3.81. The minimum atomic E-state index is -0.780. The Labute approximate surface area is 186 Å². The van der Waals surface area contributed by atoms with E-state index in [2.05, 4.69) is 10.6 Å². The van der Waals surface area contributed by atoms with E-state index in [1.807, 2.05) is 13.8 Å².